The molecule has 0 aliphatic rings. The van der Waals surface area contributed by atoms with Crippen molar-refractivity contribution >= 4 is 19.7 Å². The summed E-state index contributed by atoms with van der Waals surface area (Å²) in [6.45, 7) is 0. The number of aromatic nitrogens is 2. The second-order valence-corrected chi connectivity index (χ2v) is 5.93. The highest BCUT2D eigenvalue weighted by molar-refractivity contribution is 8.13. The zero-order valence-electron chi connectivity index (χ0n) is 8.83. The Kier molecular flexibility index (Phi) is 3.10. The van der Waals surface area contributed by atoms with E-state index in [1.165, 1.54) is 0 Å². The van der Waals surface area contributed by atoms with Crippen LogP contribution in [0.2, 0.25) is 0 Å². The number of hydrogen-bond donors (Lipinski definition) is 1. The first-order chi connectivity index (χ1) is 8.39. The number of halogens is 1. The molecule has 1 heterocycles. The molecule has 0 atom stereocenters. The molecule has 0 aliphatic heterocycles. The highest BCUT2D eigenvalue weighted by Gasteiger charge is 2.17. The molecule has 6 nitrogen and oxygen atoms in total. The van der Waals surface area contributed by atoms with E-state index in [2.05, 4.69) is 0 Å². The minimum absolute atomic E-state index is 0.417. The standard InChI is InChI=1S/C10H7ClN2O4S/c11-18(16,17)8-6-13(10(15)12-9(8)14)7-4-2-1-3-5-7/h1-6H,(H,12,14,15). The summed E-state index contributed by atoms with van der Waals surface area (Å²) in [4.78, 5) is 24.2. The van der Waals surface area contributed by atoms with Crippen molar-refractivity contribution in [2.75, 3.05) is 0 Å². The van der Waals surface area contributed by atoms with E-state index in [1.807, 2.05) is 4.98 Å². The van der Waals surface area contributed by atoms with Crippen molar-refractivity contribution in [3.05, 3.63) is 57.4 Å². The van der Waals surface area contributed by atoms with Crippen LogP contribution in [0.1, 0.15) is 0 Å². The fourth-order valence-corrected chi connectivity index (χ4v) is 2.24. The van der Waals surface area contributed by atoms with E-state index < -0.39 is 25.2 Å². The molecule has 0 fully saturated rings. The maximum absolute atomic E-state index is 11.6. The summed E-state index contributed by atoms with van der Waals surface area (Å²) in [5.41, 5.74) is -1.36. The predicted octanol–water partition coefficient (Wildman–Crippen LogP) is 0.453. The van der Waals surface area contributed by atoms with Gasteiger partial charge in [-0.2, -0.15) is 0 Å². The molecule has 8 heteroatoms. The molecule has 0 amide bonds. The Labute approximate surface area is 106 Å². The average Bonchev–Trinajstić information content (AvgIpc) is 2.28. The number of hydrogen-bond acceptors (Lipinski definition) is 4. The Morgan fingerprint density at radius 3 is 2.28 bits per heavy atom. The van der Waals surface area contributed by atoms with Gasteiger partial charge in [0.15, 0.2) is 4.90 Å². The summed E-state index contributed by atoms with van der Waals surface area (Å²) >= 11 is 0. The quantitative estimate of drug-likeness (QED) is 0.812. The third kappa shape index (κ3) is 2.36. The first kappa shape index (κ1) is 12.6. The van der Waals surface area contributed by atoms with E-state index in [-0.39, 0.29) is 0 Å². The summed E-state index contributed by atoms with van der Waals surface area (Å²) < 4.78 is 23.4. The molecule has 1 aromatic heterocycles. The van der Waals surface area contributed by atoms with Crippen LogP contribution in [0, 0.1) is 0 Å². The lowest BCUT2D eigenvalue weighted by Crippen LogP contribution is -2.31. The fourth-order valence-electron chi connectivity index (χ4n) is 1.41. The van der Waals surface area contributed by atoms with Gasteiger partial charge < -0.3 is 0 Å². The van der Waals surface area contributed by atoms with Gasteiger partial charge in [-0.15, -0.1) is 0 Å². The van der Waals surface area contributed by atoms with Crippen LogP contribution in [-0.4, -0.2) is 18.0 Å². The molecular weight excluding hydrogens is 280 g/mol. The largest absolute Gasteiger partial charge is 0.332 e. The number of para-hydroxylation sites is 1. The Morgan fingerprint density at radius 1 is 1.11 bits per heavy atom. The first-order valence-corrected chi connectivity index (χ1v) is 7.06. The molecule has 94 valence electrons. The zero-order chi connectivity index (χ0) is 13.3. The maximum Gasteiger partial charge on any atom is 0.332 e. The van der Waals surface area contributed by atoms with Gasteiger partial charge in [-0.25, -0.2) is 13.2 Å². The van der Waals surface area contributed by atoms with Crippen LogP contribution >= 0.6 is 10.7 Å². The van der Waals surface area contributed by atoms with Crippen LogP contribution in [0.15, 0.2) is 51.0 Å². The fraction of sp³-hybridized carbons (Fsp3) is 0. The van der Waals surface area contributed by atoms with Crippen molar-refractivity contribution in [2.45, 2.75) is 4.90 Å². The Morgan fingerprint density at radius 2 is 1.72 bits per heavy atom. The van der Waals surface area contributed by atoms with E-state index in [0.717, 1.165) is 10.8 Å². The molecule has 18 heavy (non-hydrogen) atoms. The van der Waals surface area contributed by atoms with E-state index in [9.17, 15) is 18.0 Å². The van der Waals surface area contributed by atoms with Gasteiger partial charge in [0, 0.05) is 16.9 Å². The Bertz CT molecular complexity index is 793. The van der Waals surface area contributed by atoms with Gasteiger partial charge in [0.25, 0.3) is 14.6 Å². The number of aromatic amines is 1. The third-order valence-corrected chi connectivity index (χ3v) is 3.52. The highest BCUT2D eigenvalue weighted by atomic mass is 35.7. The lowest BCUT2D eigenvalue weighted by Gasteiger charge is -2.05. The summed E-state index contributed by atoms with van der Waals surface area (Å²) in [5, 5.41) is 0. The van der Waals surface area contributed by atoms with Gasteiger partial charge in [0.05, 0.1) is 5.69 Å². The SMILES string of the molecule is O=c1[nH]c(=O)n(-c2ccccc2)cc1S(=O)(=O)Cl. The minimum atomic E-state index is -4.21. The highest BCUT2D eigenvalue weighted by Crippen LogP contribution is 2.10. The van der Waals surface area contributed by atoms with Crippen molar-refractivity contribution in [2.24, 2.45) is 0 Å². The van der Waals surface area contributed by atoms with Crippen LogP contribution in [0.25, 0.3) is 5.69 Å². The predicted molar refractivity (Wildman–Crippen MR) is 65.7 cm³/mol. The normalized spacial score (nSPS) is 11.4. The third-order valence-electron chi connectivity index (χ3n) is 2.21. The molecule has 1 N–H and O–H groups in total. The van der Waals surface area contributed by atoms with Crippen LogP contribution in [0.3, 0.4) is 0 Å². The van der Waals surface area contributed by atoms with Crippen molar-refractivity contribution in [1.82, 2.24) is 9.55 Å². The number of rotatable bonds is 2. The summed E-state index contributed by atoms with van der Waals surface area (Å²) in [5.74, 6) is 0. The average molecular weight is 287 g/mol. The first-order valence-electron chi connectivity index (χ1n) is 4.75. The second kappa shape index (κ2) is 4.43. The van der Waals surface area contributed by atoms with Gasteiger partial charge in [-0.3, -0.25) is 14.3 Å². The van der Waals surface area contributed by atoms with Crippen molar-refractivity contribution in [3.8, 4) is 5.69 Å². The van der Waals surface area contributed by atoms with Gasteiger partial charge in [-0.1, -0.05) is 18.2 Å². The lowest BCUT2D eigenvalue weighted by atomic mass is 10.3. The summed E-state index contributed by atoms with van der Waals surface area (Å²) in [7, 11) is 0.900. The lowest BCUT2D eigenvalue weighted by molar-refractivity contribution is 0.606. The summed E-state index contributed by atoms with van der Waals surface area (Å²) in [6, 6.07) is 8.25. The van der Waals surface area contributed by atoms with Crippen LogP contribution < -0.4 is 11.2 Å². The van der Waals surface area contributed by atoms with E-state index in [4.69, 9.17) is 10.7 Å². The van der Waals surface area contributed by atoms with E-state index >= 15 is 0 Å². The van der Waals surface area contributed by atoms with Crippen LogP contribution in [-0.2, 0) is 9.05 Å². The Hall–Kier alpha value is -1.86. The van der Waals surface area contributed by atoms with Crippen molar-refractivity contribution in [3.63, 3.8) is 0 Å². The molecular formula is C10H7ClN2O4S. The van der Waals surface area contributed by atoms with Gasteiger partial charge >= 0.3 is 5.69 Å². The molecule has 0 bridgehead atoms. The molecule has 0 spiro atoms. The molecule has 2 aromatic rings. The Balaban J connectivity index is 2.79. The maximum atomic E-state index is 11.6. The molecule has 2 rings (SSSR count). The van der Waals surface area contributed by atoms with E-state index in [0.29, 0.717) is 5.69 Å². The summed E-state index contributed by atoms with van der Waals surface area (Å²) in [6.07, 6.45) is 0.902. The number of nitrogens with one attached hydrogen (secondary N) is 1. The van der Waals surface area contributed by atoms with Crippen LogP contribution in [0.4, 0.5) is 0 Å². The zero-order valence-corrected chi connectivity index (χ0v) is 10.4. The topological polar surface area (TPSA) is 89.0 Å². The van der Waals surface area contributed by atoms with Gasteiger partial charge in [0.1, 0.15) is 0 Å². The van der Waals surface area contributed by atoms with Crippen LogP contribution in [0.5, 0.6) is 0 Å². The molecule has 0 saturated carbocycles. The second-order valence-electron chi connectivity index (χ2n) is 3.40. The molecule has 0 saturated heterocycles. The smallest absolute Gasteiger partial charge is 0.273 e. The molecule has 0 unspecified atom stereocenters. The minimum Gasteiger partial charge on any atom is -0.273 e. The number of benzene rings is 1. The monoisotopic (exact) mass is 286 g/mol. The molecule has 0 radical (unpaired) electrons. The van der Waals surface area contributed by atoms with E-state index in [1.54, 1.807) is 30.3 Å². The van der Waals surface area contributed by atoms with Gasteiger partial charge in [0.2, 0.25) is 0 Å². The molecule has 0 aliphatic carbocycles. The van der Waals surface area contributed by atoms with Crippen molar-refractivity contribution in [1.29, 1.82) is 0 Å². The van der Waals surface area contributed by atoms with Crippen molar-refractivity contribution < 1.29 is 8.42 Å². The van der Waals surface area contributed by atoms with Gasteiger partial charge in [-0.05, 0) is 12.1 Å². The molecule has 1 aromatic carbocycles. The number of nitrogens with zero attached hydrogens (tertiary/aromatic N) is 1. The number of H-pyrrole nitrogens is 1.